The van der Waals surface area contributed by atoms with Gasteiger partial charge < -0.3 is 18.9 Å². The number of hydrogen-bond acceptors (Lipinski definition) is 6. The second kappa shape index (κ2) is 6.71. The van der Waals surface area contributed by atoms with Crippen molar-refractivity contribution < 1.29 is 23.2 Å². The van der Waals surface area contributed by atoms with Crippen LogP contribution < -0.4 is 10.6 Å². The number of rotatable bonds is 4. The molecule has 0 radical (unpaired) electrons. The van der Waals surface area contributed by atoms with E-state index >= 15 is 0 Å². The van der Waals surface area contributed by atoms with E-state index in [1.54, 1.807) is 13.0 Å². The van der Waals surface area contributed by atoms with Crippen molar-refractivity contribution in [2.75, 3.05) is 11.9 Å². The molecule has 2 aromatic rings. The first-order chi connectivity index (χ1) is 10.1. The number of nitrogens with one attached hydrogen (secondary N) is 2. The van der Waals surface area contributed by atoms with E-state index in [4.69, 9.17) is 25.8 Å². The number of esters is 1. The van der Waals surface area contributed by atoms with Crippen molar-refractivity contribution >= 4 is 34.9 Å². The summed E-state index contributed by atoms with van der Waals surface area (Å²) in [5.74, 6) is -0.874. The molecule has 0 saturated carbocycles. The number of amides is 1. The molecule has 8 heteroatoms. The quantitative estimate of drug-likeness (QED) is 0.660. The second-order valence-corrected chi connectivity index (χ2v) is 4.21. The summed E-state index contributed by atoms with van der Waals surface area (Å²) in [5, 5.41) is 5.18. The van der Waals surface area contributed by atoms with Gasteiger partial charge in [0.2, 0.25) is 5.76 Å². The highest BCUT2D eigenvalue weighted by Crippen LogP contribution is 2.14. The molecule has 0 saturated heterocycles. The molecule has 110 valence electrons. The van der Waals surface area contributed by atoms with Crippen molar-refractivity contribution in [2.45, 2.75) is 6.92 Å². The number of carbonyl (C=O) groups excluding carboxylic acids is 2. The lowest BCUT2D eigenvalue weighted by atomic mass is 10.4. The lowest BCUT2D eigenvalue weighted by Crippen LogP contribution is -2.33. The molecule has 7 nitrogen and oxygen atoms in total. The Labute approximate surface area is 125 Å². The van der Waals surface area contributed by atoms with Crippen LogP contribution in [0.3, 0.4) is 0 Å². The number of thiocarbonyl (C=S) groups is 1. The van der Waals surface area contributed by atoms with Gasteiger partial charge in [-0.3, -0.25) is 10.1 Å². The number of anilines is 1. The third-order valence-electron chi connectivity index (χ3n) is 2.31. The van der Waals surface area contributed by atoms with E-state index in [0.29, 0.717) is 5.69 Å². The molecule has 0 aliphatic heterocycles. The van der Waals surface area contributed by atoms with Gasteiger partial charge in [-0.2, -0.15) is 0 Å². The van der Waals surface area contributed by atoms with Crippen LogP contribution in [-0.2, 0) is 4.74 Å². The fourth-order valence-electron chi connectivity index (χ4n) is 1.45. The Hall–Kier alpha value is -2.61. The number of ether oxygens (including phenoxy) is 1. The van der Waals surface area contributed by atoms with E-state index in [1.807, 2.05) is 0 Å². The van der Waals surface area contributed by atoms with Crippen LogP contribution in [0.15, 0.2) is 39.6 Å². The number of carbonyl (C=O) groups is 2. The first-order valence-electron chi connectivity index (χ1n) is 6.01. The maximum Gasteiger partial charge on any atom is 0.374 e. The predicted molar refractivity (Wildman–Crippen MR) is 77.1 cm³/mol. The molecular weight excluding hydrogens is 296 g/mol. The van der Waals surface area contributed by atoms with Crippen molar-refractivity contribution in [3.63, 3.8) is 0 Å². The minimum atomic E-state index is -0.573. The molecule has 0 atom stereocenters. The fourth-order valence-corrected chi connectivity index (χ4v) is 1.66. The van der Waals surface area contributed by atoms with Gasteiger partial charge in [-0.05, 0) is 31.3 Å². The molecule has 2 rings (SSSR count). The zero-order valence-electron chi connectivity index (χ0n) is 11.0. The van der Waals surface area contributed by atoms with Crippen molar-refractivity contribution in [3.8, 4) is 0 Å². The summed E-state index contributed by atoms with van der Waals surface area (Å²) in [7, 11) is 0. The summed E-state index contributed by atoms with van der Waals surface area (Å²) in [4.78, 5) is 23.1. The Kier molecular flexibility index (Phi) is 4.72. The van der Waals surface area contributed by atoms with Gasteiger partial charge in [-0.15, -0.1) is 0 Å². The molecule has 0 fully saturated rings. The molecular formula is C13H12N2O5S. The summed E-state index contributed by atoms with van der Waals surface area (Å²) in [6.07, 6.45) is 2.67. The molecule has 21 heavy (non-hydrogen) atoms. The van der Waals surface area contributed by atoms with Crippen LogP contribution >= 0.6 is 12.2 Å². The Morgan fingerprint density at radius 3 is 2.81 bits per heavy atom. The van der Waals surface area contributed by atoms with Crippen LogP contribution in [-0.4, -0.2) is 23.6 Å². The molecule has 0 aromatic carbocycles. The molecule has 0 unspecified atom stereocenters. The monoisotopic (exact) mass is 308 g/mol. The summed E-state index contributed by atoms with van der Waals surface area (Å²) in [6.45, 7) is 1.94. The minimum Gasteiger partial charge on any atom is -0.460 e. The first-order valence-corrected chi connectivity index (χ1v) is 6.42. The predicted octanol–water partition coefficient (Wildman–Crippen LogP) is 2.18. The van der Waals surface area contributed by atoms with Gasteiger partial charge >= 0.3 is 5.97 Å². The Bertz CT molecular complexity index is 647. The van der Waals surface area contributed by atoms with E-state index in [9.17, 15) is 9.59 Å². The van der Waals surface area contributed by atoms with Crippen LogP contribution in [0, 0.1) is 0 Å². The smallest absolute Gasteiger partial charge is 0.374 e. The third kappa shape index (κ3) is 3.93. The van der Waals surface area contributed by atoms with Crippen molar-refractivity contribution in [1.29, 1.82) is 0 Å². The van der Waals surface area contributed by atoms with Gasteiger partial charge in [-0.25, -0.2) is 4.79 Å². The number of furan rings is 2. The minimum absolute atomic E-state index is 0.0412. The van der Waals surface area contributed by atoms with E-state index in [2.05, 4.69) is 10.6 Å². The highest BCUT2D eigenvalue weighted by molar-refractivity contribution is 7.80. The SMILES string of the molecule is CCOC(=O)c1cc(NC(=S)NC(=O)c2ccco2)co1. The van der Waals surface area contributed by atoms with Crippen LogP contribution in [0.2, 0.25) is 0 Å². The van der Waals surface area contributed by atoms with Gasteiger partial charge in [0.15, 0.2) is 10.9 Å². The summed E-state index contributed by atoms with van der Waals surface area (Å²) < 4.78 is 14.7. The zero-order valence-corrected chi connectivity index (χ0v) is 11.9. The van der Waals surface area contributed by atoms with E-state index < -0.39 is 11.9 Å². The van der Waals surface area contributed by atoms with Crippen LogP contribution in [0.25, 0.3) is 0 Å². The lowest BCUT2D eigenvalue weighted by Gasteiger charge is -2.05. The van der Waals surface area contributed by atoms with E-state index in [0.717, 1.165) is 0 Å². The average Bonchev–Trinajstić information content (AvgIpc) is 3.09. The molecule has 2 heterocycles. The summed E-state index contributed by atoms with van der Waals surface area (Å²) in [6, 6.07) is 4.52. The van der Waals surface area contributed by atoms with Gasteiger partial charge in [-0.1, -0.05) is 0 Å². The van der Waals surface area contributed by atoms with Crippen molar-refractivity contribution in [1.82, 2.24) is 5.32 Å². The lowest BCUT2D eigenvalue weighted by molar-refractivity contribution is 0.0490. The molecule has 0 aliphatic rings. The molecule has 0 spiro atoms. The third-order valence-corrected chi connectivity index (χ3v) is 2.51. The fraction of sp³-hybridized carbons (Fsp3) is 0.154. The zero-order chi connectivity index (χ0) is 15.2. The standard InChI is InChI=1S/C13H12N2O5S/c1-2-18-12(17)10-6-8(7-20-10)14-13(21)15-11(16)9-4-3-5-19-9/h3-7H,2H2,1H3,(H2,14,15,16,21). The Balaban J connectivity index is 1.91. The largest absolute Gasteiger partial charge is 0.460 e. The van der Waals surface area contributed by atoms with E-state index in [-0.39, 0.29) is 23.2 Å². The van der Waals surface area contributed by atoms with Gasteiger partial charge in [0.1, 0.15) is 6.26 Å². The van der Waals surface area contributed by atoms with Crippen molar-refractivity contribution in [3.05, 3.63) is 42.2 Å². The molecule has 2 N–H and O–H groups in total. The summed E-state index contributed by atoms with van der Waals surface area (Å²) in [5.41, 5.74) is 0.419. The van der Waals surface area contributed by atoms with Crippen molar-refractivity contribution in [2.24, 2.45) is 0 Å². The van der Waals surface area contributed by atoms with Crippen LogP contribution in [0.4, 0.5) is 5.69 Å². The number of hydrogen-bond donors (Lipinski definition) is 2. The molecule has 1 amide bonds. The first kappa shape index (κ1) is 14.8. The second-order valence-electron chi connectivity index (χ2n) is 3.81. The normalized spacial score (nSPS) is 9.95. The molecule has 0 aliphatic carbocycles. The van der Waals surface area contributed by atoms with Gasteiger partial charge in [0.05, 0.1) is 18.6 Å². The van der Waals surface area contributed by atoms with Gasteiger partial charge in [0.25, 0.3) is 5.91 Å². The highest BCUT2D eigenvalue weighted by Gasteiger charge is 2.14. The topological polar surface area (TPSA) is 93.7 Å². The van der Waals surface area contributed by atoms with Gasteiger partial charge in [0, 0.05) is 6.07 Å². The molecule has 2 aromatic heterocycles. The Morgan fingerprint density at radius 2 is 2.14 bits per heavy atom. The Morgan fingerprint density at radius 1 is 1.33 bits per heavy atom. The molecule has 0 bridgehead atoms. The highest BCUT2D eigenvalue weighted by atomic mass is 32.1. The van der Waals surface area contributed by atoms with Crippen LogP contribution in [0.5, 0.6) is 0 Å². The van der Waals surface area contributed by atoms with E-state index in [1.165, 1.54) is 24.7 Å². The summed E-state index contributed by atoms with van der Waals surface area (Å²) >= 11 is 4.97. The maximum absolute atomic E-state index is 11.7. The van der Waals surface area contributed by atoms with Crippen LogP contribution in [0.1, 0.15) is 28.0 Å². The average molecular weight is 308 g/mol. The maximum atomic E-state index is 11.7.